The van der Waals surface area contributed by atoms with E-state index in [2.05, 4.69) is 51.5 Å². The number of hydrogen-bond donors (Lipinski definition) is 1. The topological polar surface area (TPSA) is 55.6 Å². The predicted molar refractivity (Wildman–Crippen MR) is 82.1 cm³/mol. The summed E-state index contributed by atoms with van der Waals surface area (Å²) in [4.78, 5) is 1.24. The average molecular weight is 293 g/mol. The zero-order valence-electron chi connectivity index (χ0n) is 12.8. The van der Waals surface area contributed by atoms with Gasteiger partial charge in [0.25, 0.3) is 0 Å². The van der Waals surface area contributed by atoms with Crippen LogP contribution in [0.2, 0.25) is 0 Å². The van der Waals surface area contributed by atoms with Crippen LogP contribution in [0, 0.1) is 6.92 Å². The summed E-state index contributed by atoms with van der Waals surface area (Å²) in [5.41, 5.74) is 3.43. The highest BCUT2D eigenvalue weighted by Crippen LogP contribution is 2.28. The molecule has 0 aliphatic heterocycles. The second-order valence-electron chi connectivity index (χ2n) is 5.32. The Morgan fingerprint density at radius 1 is 1.40 bits per heavy atom. The van der Waals surface area contributed by atoms with Crippen LogP contribution in [-0.2, 0) is 13.0 Å². The van der Waals surface area contributed by atoms with Crippen molar-refractivity contribution in [3.63, 3.8) is 0 Å². The van der Waals surface area contributed by atoms with Crippen LogP contribution in [0.15, 0.2) is 6.07 Å². The van der Waals surface area contributed by atoms with E-state index in [0.717, 1.165) is 24.4 Å². The molecule has 0 aromatic carbocycles. The number of aryl methyl sites for hydroxylation is 2. The van der Waals surface area contributed by atoms with Crippen LogP contribution in [0.3, 0.4) is 0 Å². The summed E-state index contributed by atoms with van der Waals surface area (Å²) in [6, 6.07) is 2.41. The molecule has 0 fully saturated rings. The van der Waals surface area contributed by atoms with Gasteiger partial charge in [-0.15, -0.1) is 5.10 Å². The zero-order chi connectivity index (χ0) is 14.7. The third kappa shape index (κ3) is 3.07. The van der Waals surface area contributed by atoms with Crippen LogP contribution in [-0.4, -0.2) is 26.4 Å². The maximum Gasteiger partial charge on any atom is 0.0829 e. The Labute approximate surface area is 124 Å². The number of rotatable bonds is 6. The summed E-state index contributed by atoms with van der Waals surface area (Å²) in [5, 5.41) is 12.2. The van der Waals surface area contributed by atoms with E-state index in [4.69, 9.17) is 0 Å². The van der Waals surface area contributed by atoms with Crippen LogP contribution in [0.25, 0.3) is 0 Å². The molecule has 20 heavy (non-hydrogen) atoms. The largest absolute Gasteiger partial charge is 0.312 e. The normalized spacial score (nSPS) is 13.1. The van der Waals surface area contributed by atoms with Crippen molar-refractivity contribution in [1.82, 2.24) is 24.7 Å². The lowest BCUT2D eigenvalue weighted by atomic mass is 10.0. The Hall–Kier alpha value is -1.27. The first-order valence-electron chi connectivity index (χ1n) is 7.09. The molecular formula is C14H23N5S. The number of likely N-dealkylation sites (N-methyl/N-ethyl adjacent to an activating group) is 1. The first-order valence-corrected chi connectivity index (χ1v) is 7.86. The average Bonchev–Trinajstić information content (AvgIpc) is 3.02. The van der Waals surface area contributed by atoms with Gasteiger partial charge in [-0.25, -0.2) is 0 Å². The lowest BCUT2D eigenvalue weighted by molar-refractivity contribution is 0.541. The van der Waals surface area contributed by atoms with E-state index in [1.807, 2.05) is 14.0 Å². The van der Waals surface area contributed by atoms with E-state index in [9.17, 15) is 0 Å². The van der Waals surface area contributed by atoms with Gasteiger partial charge in [-0.1, -0.05) is 18.3 Å². The second kappa shape index (κ2) is 6.45. The first kappa shape index (κ1) is 15.1. The van der Waals surface area contributed by atoms with E-state index < -0.39 is 0 Å². The number of nitrogens with one attached hydrogen (secondary N) is 1. The molecule has 5 nitrogen and oxygen atoms in total. The molecule has 1 unspecified atom stereocenters. The number of hydrogen-bond acceptors (Lipinski definition) is 5. The second-order valence-corrected chi connectivity index (χ2v) is 6.10. The van der Waals surface area contributed by atoms with Crippen molar-refractivity contribution in [2.24, 2.45) is 0 Å². The Morgan fingerprint density at radius 2 is 2.15 bits per heavy atom. The minimum absolute atomic E-state index is 0.244. The van der Waals surface area contributed by atoms with Crippen molar-refractivity contribution in [1.29, 1.82) is 0 Å². The molecule has 0 saturated carbocycles. The molecule has 0 spiro atoms. The summed E-state index contributed by atoms with van der Waals surface area (Å²) < 4.78 is 6.20. The fourth-order valence-corrected chi connectivity index (χ4v) is 3.33. The molecule has 6 heteroatoms. The molecule has 0 aliphatic carbocycles. The van der Waals surface area contributed by atoms with Gasteiger partial charge >= 0.3 is 0 Å². The van der Waals surface area contributed by atoms with Crippen molar-refractivity contribution >= 4 is 11.5 Å². The lowest BCUT2D eigenvalue weighted by Crippen LogP contribution is -2.21. The van der Waals surface area contributed by atoms with Crippen LogP contribution in [0.4, 0.5) is 0 Å². The molecule has 110 valence electrons. The molecular weight excluding hydrogens is 270 g/mol. The molecule has 0 saturated heterocycles. The highest BCUT2D eigenvalue weighted by atomic mass is 32.1. The highest BCUT2D eigenvalue weighted by Gasteiger charge is 2.21. The highest BCUT2D eigenvalue weighted by molar-refractivity contribution is 7.05. The van der Waals surface area contributed by atoms with Crippen LogP contribution in [0.5, 0.6) is 0 Å². The molecule has 0 bridgehead atoms. The molecule has 0 radical (unpaired) electrons. The van der Waals surface area contributed by atoms with Crippen molar-refractivity contribution in [3.05, 3.63) is 28.0 Å². The molecule has 2 heterocycles. The maximum absolute atomic E-state index is 4.52. The third-order valence-corrected chi connectivity index (χ3v) is 4.30. The molecule has 1 atom stereocenters. The van der Waals surface area contributed by atoms with Crippen molar-refractivity contribution < 1.29 is 0 Å². The SMILES string of the molecule is CCn1nc(C)cc1CC(NC)c1snnc1C(C)C. The minimum Gasteiger partial charge on any atom is -0.312 e. The molecule has 2 rings (SSSR count). The summed E-state index contributed by atoms with van der Waals surface area (Å²) in [7, 11) is 1.99. The first-order chi connectivity index (χ1) is 9.56. The van der Waals surface area contributed by atoms with Crippen molar-refractivity contribution in [3.8, 4) is 0 Å². The van der Waals surface area contributed by atoms with E-state index in [1.54, 1.807) is 0 Å². The van der Waals surface area contributed by atoms with Gasteiger partial charge in [-0.2, -0.15) is 5.10 Å². The Morgan fingerprint density at radius 3 is 2.75 bits per heavy atom. The van der Waals surface area contributed by atoms with E-state index >= 15 is 0 Å². The van der Waals surface area contributed by atoms with E-state index in [1.165, 1.54) is 22.1 Å². The van der Waals surface area contributed by atoms with Crippen molar-refractivity contribution in [2.75, 3.05) is 7.05 Å². The third-order valence-electron chi connectivity index (χ3n) is 3.45. The molecule has 2 aromatic rings. The van der Waals surface area contributed by atoms with Crippen molar-refractivity contribution in [2.45, 2.75) is 52.6 Å². The Kier molecular flexibility index (Phi) is 4.88. The van der Waals surface area contributed by atoms with Crippen LogP contribution < -0.4 is 5.32 Å². The van der Waals surface area contributed by atoms with Gasteiger partial charge < -0.3 is 5.32 Å². The fourth-order valence-electron chi connectivity index (χ4n) is 2.42. The van der Waals surface area contributed by atoms with Gasteiger partial charge in [-0.05, 0) is 44.4 Å². The smallest absolute Gasteiger partial charge is 0.0829 e. The monoisotopic (exact) mass is 293 g/mol. The van der Waals surface area contributed by atoms with Gasteiger partial charge in [-0.3, -0.25) is 4.68 Å². The Balaban J connectivity index is 2.26. The van der Waals surface area contributed by atoms with E-state index in [-0.39, 0.29) is 6.04 Å². The van der Waals surface area contributed by atoms with E-state index in [0.29, 0.717) is 5.92 Å². The fraction of sp³-hybridized carbons (Fsp3) is 0.643. The number of nitrogens with zero attached hydrogens (tertiary/aromatic N) is 4. The molecule has 0 aliphatic rings. The molecule has 2 aromatic heterocycles. The predicted octanol–water partition coefficient (Wildman–Crippen LogP) is 2.69. The van der Waals surface area contributed by atoms with Gasteiger partial charge in [0, 0.05) is 18.7 Å². The van der Waals surface area contributed by atoms with Crippen LogP contribution >= 0.6 is 11.5 Å². The van der Waals surface area contributed by atoms with Gasteiger partial charge in [0.2, 0.25) is 0 Å². The zero-order valence-corrected chi connectivity index (χ0v) is 13.7. The molecule has 0 amide bonds. The molecule has 1 N–H and O–H groups in total. The van der Waals surface area contributed by atoms with Gasteiger partial charge in [0.05, 0.1) is 22.3 Å². The standard InChI is InChI=1S/C14H23N5S/c1-6-19-11(7-10(4)17-19)8-12(15-5)14-13(9(2)3)16-18-20-14/h7,9,12,15H,6,8H2,1-5H3. The summed E-state index contributed by atoms with van der Waals surface area (Å²) in [6.45, 7) is 9.38. The van der Waals surface area contributed by atoms with Gasteiger partial charge in [0.1, 0.15) is 0 Å². The minimum atomic E-state index is 0.244. The quantitative estimate of drug-likeness (QED) is 0.889. The summed E-state index contributed by atoms with van der Waals surface area (Å²) in [5.74, 6) is 0.400. The summed E-state index contributed by atoms with van der Waals surface area (Å²) in [6.07, 6.45) is 0.911. The summed E-state index contributed by atoms with van der Waals surface area (Å²) >= 11 is 1.50. The lowest BCUT2D eigenvalue weighted by Gasteiger charge is -2.17. The maximum atomic E-state index is 4.52. The Bertz CT molecular complexity index is 558. The van der Waals surface area contributed by atoms with Gasteiger partial charge in [0.15, 0.2) is 0 Å². The van der Waals surface area contributed by atoms with Crippen LogP contribution in [0.1, 0.15) is 54.7 Å². The number of aromatic nitrogens is 4.